The second-order valence-corrected chi connectivity index (χ2v) is 7.06. The lowest BCUT2D eigenvalue weighted by molar-refractivity contribution is -0.702. The van der Waals surface area contributed by atoms with Crippen LogP contribution in [0.25, 0.3) is 0 Å². The third-order valence-electron chi connectivity index (χ3n) is 2.00. The summed E-state index contributed by atoms with van der Waals surface area (Å²) in [6.07, 6.45) is 6.82. The smallest absolute Gasteiger partial charge is 0.286 e. The van der Waals surface area contributed by atoms with Gasteiger partial charge in [0.15, 0.2) is 0 Å². The minimum absolute atomic E-state index is 0.410. The van der Waals surface area contributed by atoms with Crippen LogP contribution in [0.1, 0.15) is 25.1 Å². The first-order valence-electron chi connectivity index (χ1n) is 5.36. The van der Waals surface area contributed by atoms with Gasteiger partial charge in [0.05, 0.1) is 13.3 Å². The fourth-order valence-corrected chi connectivity index (χ4v) is 2.30. The SMILES string of the molecule is CCCC([n+]1ccn(C)c1)S(=O)(=O)O.CS(=O)(=O)O. The number of hydrogen-bond acceptors (Lipinski definition) is 4. The van der Waals surface area contributed by atoms with Crippen LogP contribution in [0.15, 0.2) is 18.7 Å². The molecule has 1 heterocycles. The largest absolute Gasteiger partial charge is 0.307 e. The van der Waals surface area contributed by atoms with Crippen LogP contribution in [-0.4, -0.2) is 36.8 Å². The first-order valence-corrected chi connectivity index (χ1v) is 8.71. The Morgan fingerprint density at radius 3 is 2.00 bits per heavy atom. The van der Waals surface area contributed by atoms with Gasteiger partial charge in [-0.15, -0.1) is 0 Å². The summed E-state index contributed by atoms with van der Waals surface area (Å²) in [6, 6.07) is 0. The van der Waals surface area contributed by atoms with E-state index in [1.807, 2.05) is 6.92 Å². The van der Waals surface area contributed by atoms with E-state index in [4.69, 9.17) is 9.11 Å². The quantitative estimate of drug-likeness (QED) is 0.596. The van der Waals surface area contributed by atoms with Gasteiger partial charge in [-0.2, -0.15) is 16.8 Å². The summed E-state index contributed by atoms with van der Waals surface area (Å²) in [5, 5.41) is -0.867. The molecule has 0 saturated carbocycles. The Labute approximate surface area is 113 Å². The molecule has 1 unspecified atom stereocenters. The zero-order chi connectivity index (χ0) is 15.3. The standard InChI is InChI=1S/C8H14N2O3S.CH4O3S/c1-3-4-8(14(11,12)13)10-6-5-9(2)7-10;1-5(2,3)4/h5-8H,3-4H2,1-2H3;1H3,(H,2,3,4)/p+1. The second kappa shape index (κ2) is 6.98. The van der Waals surface area contributed by atoms with Crippen LogP contribution in [0.5, 0.6) is 0 Å². The van der Waals surface area contributed by atoms with Crippen molar-refractivity contribution in [3.8, 4) is 0 Å². The molecule has 1 aromatic rings. The summed E-state index contributed by atoms with van der Waals surface area (Å²) in [6.45, 7) is 1.88. The molecule has 0 fully saturated rings. The molecule has 0 aliphatic carbocycles. The monoisotopic (exact) mass is 315 g/mol. The highest BCUT2D eigenvalue weighted by Gasteiger charge is 2.28. The third-order valence-corrected chi connectivity index (χ3v) is 3.17. The van der Waals surface area contributed by atoms with Crippen molar-refractivity contribution < 1.29 is 30.5 Å². The Morgan fingerprint density at radius 1 is 1.26 bits per heavy atom. The van der Waals surface area contributed by atoms with Crippen molar-refractivity contribution >= 4 is 20.2 Å². The van der Waals surface area contributed by atoms with Crippen molar-refractivity contribution in [2.24, 2.45) is 7.05 Å². The summed E-state index contributed by atoms with van der Waals surface area (Å²) in [7, 11) is -5.89. The molecule has 8 nitrogen and oxygen atoms in total. The van der Waals surface area contributed by atoms with E-state index < -0.39 is 25.6 Å². The maximum atomic E-state index is 11.1. The van der Waals surface area contributed by atoms with Gasteiger partial charge in [-0.3, -0.25) is 9.11 Å². The number of aromatic nitrogens is 2. The Kier molecular flexibility index (Phi) is 6.63. The second-order valence-electron chi connectivity index (χ2n) is 4.02. The molecule has 10 heteroatoms. The molecule has 112 valence electrons. The Balaban J connectivity index is 0.000000555. The highest BCUT2D eigenvalue weighted by Crippen LogP contribution is 2.12. The molecule has 0 amide bonds. The predicted octanol–water partition coefficient (Wildman–Crippen LogP) is 0.00310. The van der Waals surface area contributed by atoms with E-state index in [1.165, 1.54) is 4.57 Å². The number of nitrogens with zero attached hydrogens (tertiary/aromatic N) is 2. The zero-order valence-electron chi connectivity index (χ0n) is 11.0. The van der Waals surface area contributed by atoms with Gasteiger partial charge in [0, 0.05) is 6.42 Å². The fraction of sp³-hybridized carbons (Fsp3) is 0.667. The van der Waals surface area contributed by atoms with E-state index in [0.29, 0.717) is 19.1 Å². The van der Waals surface area contributed by atoms with Crippen molar-refractivity contribution in [1.29, 1.82) is 0 Å². The maximum absolute atomic E-state index is 11.1. The van der Waals surface area contributed by atoms with E-state index in [2.05, 4.69) is 0 Å². The molecular weight excluding hydrogens is 296 g/mol. The van der Waals surface area contributed by atoms with E-state index >= 15 is 0 Å². The molecule has 0 aromatic carbocycles. The van der Waals surface area contributed by atoms with E-state index in [1.54, 1.807) is 30.3 Å². The predicted molar refractivity (Wildman–Crippen MR) is 68.6 cm³/mol. The van der Waals surface area contributed by atoms with Crippen LogP contribution in [0.2, 0.25) is 0 Å². The molecule has 0 saturated heterocycles. The van der Waals surface area contributed by atoms with Crippen LogP contribution in [0.4, 0.5) is 0 Å². The fourth-order valence-electron chi connectivity index (χ4n) is 1.34. The number of rotatable bonds is 4. The van der Waals surface area contributed by atoms with Gasteiger partial charge in [-0.25, -0.2) is 9.13 Å². The Hall–Kier alpha value is -0.970. The van der Waals surface area contributed by atoms with E-state index in [9.17, 15) is 16.8 Å². The van der Waals surface area contributed by atoms with Crippen LogP contribution in [-0.2, 0) is 27.3 Å². The van der Waals surface area contributed by atoms with Gasteiger partial charge in [-0.05, 0) is 0 Å². The van der Waals surface area contributed by atoms with Crippen LogP contribution in [0, 0.1) is 0 Å². The van der Waals surface area contributed by atoms with Crippen molar-refractivity contribution in [3.05, 3.63) is 18.7 Å². The van der Waals surface area contributed by atoms with Gasteiger partial charge < -0.3 is 0 Å². The van der Waals surface area contributed by atoms with Gasteiger partial charge in [0.2, 0.25) is 11.7 Å². The Morgan fingerprint density at radius 2 is 1.74 bits per heavy atom. The van der Waals surface area contributed by atoms with Gasteiger partial charge in [-0.1, -0.05) is 13.3 Å². The maximum Gasteiger partial charge on any atom is 0.307 e. The third kappa shape index (κ3) is 8.70. The van der Waals surface area contributed by atoms with Gasteiger partial charge in [0.1, 0.15) is 12.4 Å². The summed E-state index contributed by atoms with van der Waals surface area (Å²) in [5.41, 5.74) is 0. The van der Waals surface area contributed by atoms with Crippen molar-refractivity contribution in [2.45, 2.75) is 25.1 Å². The Bertz CT molecular complexity index is 582. The zero-order valence-corrected chi connectivity index (χ0v) is 12.6. The molecule has 0 spiro atoms. The summed E-state index contributed by atoms with van der Waals surface area (Å²) in [4.78, 5) is 0. The lowest BCUT2D eigenvalue weighted by atomic mass is 10.3. The van der Waals surface area contributed by atoms with Crippen LogP contribution < -0.4 is 4.57 Å². The number of aryl methyl sites for hydroxylation is 1. The van der Waals surface area contributed by atoms with Gasteiger partial charge >= 0.3 is 10.1 Å². The molecule has 1 rings (SSSR count). The molecule has 0 aliphatic heterocycles. The van der Waals surface area contributed by atoms with Gasteiger partial charge in [0.25, 0.3) is 10.1 Å². The minimum atomic E-state index is -4.02. The highest BCUT2D eigenvalue weighted by molar-refractivity contribution is 7.85. The summed E-state index contributed by atoms with van der Waals surface area (Å²) >= 11 is 0. The average molecular weight is 315 g/mol. The summed E-state index contributed by atoms with van der Waals surface area (Å²) in [5.74, 6) is 0. The molecular formula is C9H19N2O6S2+. The summed E-state index contributed by atoms with van der Waals surface area (Å²) < 4.78 is 60.2. The first-order chi connectivity index (χ1) is 8.45. The molecule has 0 radical (unpaired) electrons. The number of hydrogen-bond donors (Lipinski definition) is 2. The molecule has 1 aromatic heterocycles. The lowest BCUT2D eigenvalue weighted by Crippen LogP contribution is -2.42. The molecule has 19 heavy (non-hydrogen) atoms. The number of imidazole rings is 1. The average Bonchev–Trinajstić information content (AvgIpc) is 2.56. The minimum Gasteiger partial charge on any atom is -0.286 e. The van der Waals surface area contributed by atoms with Crippen molar-refractivity contribution in [3.63, 3.8) is 0 Å². The van der Waals surface area contributed by atoms with E-state index in [0.717, 1.165) is 0 Å². The first kappa shape index (κ1) is 18.0. The molecule has 0 aliphatic rings. The van der Waals surface area contributed by atoms with Crippen LogP contribution in [0.3, 0.4) is 0 Å². The molecule has 2 N–H and O–H groups in total. The highest BCUT2D eigenvalue weighted by atomic mass is 32.2. The van der Waals surface area contributed by atoms with Crippen molar-refractivity contribution in [2.75, 3.05) is 6.26 Å². The van der Waals surface area contributed by atoms with E-state index in [-0.39, 0.29) is 0 Å². The topological polar surface area (TPSA) is 118 Å². The lowest BCUT2D eigenvalue weighted by Gasteiger charge is -2.08. The van der Waals surface area contributed by atoms with Crippen molar-refractivity contribution in [1.82, 2.24) is 4.57 Å². The molecule has 1 atom stereocenters. The molecule has 0 bridgehead atoms. The normalized spacial score (nSPS) is 13.5. The van der Waals surface area contributed by atoms with Crippen LogP contribution >= 0.6 is 0 Å².